The van der Waals surface area contributed by atoms with Gasteiger partial charge in [0.1, 0.15) is 0 Å². The summed E-state index contributed by atoms with van der Waals surface area (Å²) in [4.78, 5) is 11.6. The molecule has 1 atom stereocenters. The van der Waals surface area contributed by atoms with E-state index in [1.165, 1.54) is 0 Å². The molecular weight excluding hydrogens is 242 g/mol. The first-order valence-electron chi connectivity index (χ1n) is 6.96. The second-order valence-electron chi connectivity index (χ2n) is 5.94. The number of nitrogens with two attached hydrogens (primary N) is 1. The number of aliphatic carboxylic acids is 1. The van der Waals surface area contributed by atoms with E-state index in [-0.39, 0.29) is 5.92 Å². The van der Waals surface area contributed by atoms with E-state index >= 15 is 0 Å². The summed E-state index contributed by atoms with van der Waals surface area (Å²) in [5.74, 6) is -0.384. The minimum Gasteiger partial charge on any atom is -0.481 e. The summed E-state index contributed by atoms with van der Waals surface area (Å²) in [7, 11) is 0. The molecule has 3 N–H and O–H groups in total. The molecule has 2 rings (SSSR count). The molecule has 5 nitrogen and oxygen atoms in total. The average molecular weight is 265 g/mol. The maximum atomic E-state index is 11.6. The summed E-state index contributed by atoms with van der Waals surface area (Å²) in [5, 5.41) is 13.9. The number of nitrogens with zero attached hydrogens (tertiary/aromatic N) is 2. The minimum atomic E-state index is -0.716. The van der Waals surface area contributed by atoms with Crippen LogP contribution in [0.2, 0.25) is 0 Å². The molecule has 1 heterocycles. The Morgan fingerprint density at radius 3 is 2.68 bits per heavy atom. The molecule has 0 radical (unpaired) electrons. The molecule has 0 bridgehead atoms. The molecule has 1 fully saturated rings. The molecular formula is C14H23N3O2. The molecule has 0 saturated heterocycles. The monoisotopic (exact) mass is 265 g/mol. The van der Waals surface area contributed by atoms with Gasteiger partial charge in [0.05, 0.1) is 5.41 Å². The normalized spacial score (nSPS) is 19.2. The van der Waals surface area contributed by atoms with Crippen molar-refractivity contribution in [2.45, 2.75) is 45.6 Å². The number of carbonyl (C=O) groups is 1. The lowest BCUT2D eigenvalue weighted by atomic mass is 9.60. The van der Waals surface area contributed by atoms with Gasteiger partial charge < -0.3 is 10.8 Å². The summed E-state index contributed by atoms with van der Waals surface area (Å²) < 4.78 is 1.92. The lowest BCUT2D eigenvalue weighted by Gasteiger charge is -2.43. The van der Waals surface area contributed by atoms with E-state index in [0.717, 1.165) is 31.5 Å². The maximum absolute atomic E-state index is 11.6. The molecule has 1 aromatic heterocycles. The van der Waals surface area contributed by atoms with Crippen LogP contribution in [-0.2, 0) is 11.3 Å². The van der Waals surface area contributed by atoms with Crippen molar-refractivity contribution in [1.82, 2.24) is 9.78 Å². The van der Waals surface area contributed by atoms with Crippen molar-refractivity contribution in [2.24, 2.45) is 17.1 Å². The molecule has 1 aliphatic rings. The second-order valence-corrected chi connectivity index (χ2v) is 5.94. The largest absolute Gasteiger partial charge is 0.481 e. The fraction of sp³-hybridized carbons (Fsp3) is 0.714. The number of carboxylic acid groups (broad SMARTS) is 1. The second kappa shape index (κ2) is 5.33. The van der Waals surface area contributed by atoms with Gasteiger partial charge in [-0.3, -0.25) is 9.48 Å². The molecule has 19 heavy (non-hydrogen) atoms. The third-order valence-corrected chi connectivity index (χ3v) is 4.22. The Morgan fingerprint density at radius 1 is 1.58 bits per heavy atom. The molecule has 0 amide bonds. The van der Waals surface area contributed by atoms with Gasteiger partial charge in [0, 0.05) is 30.9 Å². The van der Waals surface area contributed by atoms with Crippen LogP contribution in [0.1, 0.15) is 44.7 Å². The maximum Gasteiger partial charge on any atom is 0.310 e. The number of rotatable bonds is 6. The van der Waals surface area contributed by atoms with E-state index in [2.05, 4.69) is 18.9 Å². The van der Waals surface area contributed by atoms with Gasteiger partial charge in [0.15, 0.2) is 0 Å². The van der Waals surface area contributed by atoms with Crippen LogP contribution >= 0.6 is 0 Å². The summed E-state index contributed by atoms with van der Waals surface area (Å²) in [6.45, 7) is 5.41. The van der Waals surface area contributed by atoms with Crippen LogP contribution in [-0.4, -0.2) is 27.4 Å². The molecule has 1 aliphatic carbocycles. The van der Waals surface area contributed by atoms with E-state index in [1.54, 1.807) is 6.20 Å². The predicted octanol–water partition coefficient (Wildman–Crippen LogP) is 1.84. The highest BCUT2D eigenvalue weighted by molar-refractivity contribution is 5.77. The first kappa shape index (κ1) is 14.1. The van der Waals surface area contributed by atoms with E-state index in [4.69, 9.17) is 5.73 Å². The number of aromatic nitrogens is 2. The van der Waals surface area contributed by atoms with Crippen molar-refractivity contribution in [1.29, 1.82) is 0 Å². The van der Waals surface area contributed by atoms with E-state index < -0.39 is 11.4 Å². The fourth-order valence-electron chi connectivity index (χ4n) is 3.04. The molecule has 0 spiro atoms. The van der Waals surface area contributed by atoms with Crippen LogP contribution in [0.4, 0.5) is 0 Å². The molecule has 5 heteroatoms. The van der Waals surface area contributed by atoms with E-state index in [0.29, 0.717) is 12.5 Å². The average Bonchev–Trinajstić information content (AvgIpc) is 2.69. The molecule has 106 valence electrons. The third kappa shape index (κ3) is 2.39. The fourth-order valence-corrected chi connectivity index (χ4v) is 3.04. The Kier molecular flexibility index (Phi) is 3.94. The Labute approximate surface area is 113 Å². The van der Waals surface area contributed by atoms with Gasteiger partial charge in [-0.1, -0.05) is 20.3 Å². The smallest absolute Gasteiger partial charge is 0.310 e. The van der Waals surface area contributed by atoms with Gasteiger partial charge >= 0.3 is 5.97 Å². The van der Waals surface area contributed by atoms with Gasteiger partial charge in [-0.25, -0.2) is 0 Å². The zero-order valence-corrected chi connectivity index (χ0v) is 11.7. The minimum absolute atomic E-state index is 0.139. The summed E-state index contributed by atoms with van der Waals surface area (Å²) in [6.07, 6.45) is 4.16. The van der Waals surface area contributed by atoms with Crippen LogP contribution in [0.15, 0.2) is 12.3 Å². The Balaban J connectivity index is 2.32. The number of carboxylic acids is 1. The zero-order valence-electron chi connectivity index (χ0n) is 11.7. The summed E-state index contributed by atoms with van der Waals surface area (Å²) >= 11 is 0. The highest BCUT2D eigenvalue weighted by atomic mass is 16.4. The van der Waals surface area contributed by atoms with Gasteiger partial charge in [-0.2, -0.15) is 5.10 Å². The SMILES string of the molecule is CC(C)Cn1nccc1[C@H](CN)C1(C(=O)O)CCC1. The highest BCUT2D eigenvalue weighted by Crippen LogP contribution is 2.51. The number of hydrogen-bond donors (Lipinski definition) is 2. The topological polar surface area (TPSA) is 81.1 Å². The lowest BCUT2D eigenvalue weighted by molar-refractivity contribution is -0.156. The molecule has 0 aliphatic heterocycles. The van der Waals surface area contributed by atoms with Crippen molar-refractivity contribution in [3.63, 3.8) is 0 Å². The van der Waals surface area contributed by atoms with Gasteiger partial charge in [-0.15, -0.1) is 0 Å². The summed E-state index contributed by atoms with van der Waals surface area (Å²) in [6, 6.07) is 1.92. The Morgan fingerprint density at radius 2 is 2.26 bits per heavy atom. The van der Waals surface area contributed by atoms with Crippen LogP contribution in [0.5, 0.6) is 0 Å². The first-order valence-corrected chi connectivity index (χ1v) is 6.96. The first-order chi connectivity index (χ1) is 9.01. The van der Waals surface area contributed by atoms with Crippen molar-refractivity contribution >= 4 is 5.97 Å². The lowest BCUT2D eigenvalue weighted by Crippen LogP contribution is -2.46. The van der Waals surface area contributed by atoms with Crippen molar-refractivity contribution in [3.8, 4) is 0 Å². The van der Waals surface area contributed by atoms with Crippen LogP contribution in [0.3, 0.4) is 0 Å². The van der Waals surface area contributed by atoms with Gasteiger partial charge in [-0.05, 0) is 24.8 Å². The molecule has 0 unspecified atom stereocenters. The zero-order chi connectivity index (χ0) is 14.0. The standard InChI is InChI=1S/C14H23N3O2/c1-10(2)9-17-12(4-7-16-17)11(8-15)14(13(18)19)5-3-6-14/h4,7,10-11H,3,5-6,8-9,15H2,1-2H3,(H,18,19)/t11-/m0/s1. The Hall–Kier alpha value is -1.36. The third-order valence-electron chi connectivity index (χ3n) is 4.22. The van der Waals surface area contributed by atoms with Crippen molar-refractivity contribution < 1.29 is 9.90 Å². The Bertz CT molecular complexity index is 449. The predicted molar refractivity (Wildman–Crippen MR) is 72.8 cm³/mol. The van der Waals surface area contributed by atoms with Crippen LogP contribution in [0.25, 0.3) is 0 Å². The van der Waals surface area contributed by atoms with E-state index in [1.807, 2.05) is 10.7 Å². The highest BCUT2D eigenvalue weighted by Gasteiger charge is 2.51. The quantitative estimate of drug-likeness (QED) is 0.822. The van der Waals surface area contributed by atoms with Gasteiger partial charge in [0.2, 0.25) is 0 Å². The number of hydrogen-bond acceptors (Lipinski definition) is 3. The molecule has 1 aromatic rings. The summed E-state index contributed by atoms with van der Waals surface area (Å²) in [5.41, 5.74) is 6.19. The molecule has 0 aromatic carbocycles. The van der Waals surface area contributed by atoms with Gasteiger partial charge in [0.25, 0.3) is 0 Å². The molecule has 1 saturated carbocycles. The van der Waals surface area contributed by atoms with E-state index in [9.17, 15) is 9.90 Å². The van der Waals surface area contributed by atoms with Crippen molar-refractivity contribution in [2.75, 3.05) is 6.54 Å². The van der Waals surface area contributed by atoms with Crippen LogP contribution in [0, 0.1) is 11.3 Å². The van der Waals surface area contributed by atoms with Crippen LogP contribution < -0.4 is 5.73 Å². The van der Waals surface area contributed by atoms with Crippen molar-refractivity contribution in [3.05, 3.63) is 18.0 Å².